The maximum Gasteiger partial charge on any atom is 0.338 e. The van der Waals surface area contributed by atoms with Gasteiger partial charge in [0.15, 0.2) is 6.61 Å². The maximum absolute atomic E-state index is 12.3. The Morgan fingerprint density at radius 3 is 2.10 bits per heavy atom. The van der Waals surface area contributed by atoms with Crippen LogP contribution in [0.1, 0.15) is 76.1 Å². The van der Waals surface area contributed by atoms with Crippen LogP contribution in [0.4, 0.5) is 0 Å². The van der Waals surface area contributed by atoms with E-state index in [1.807, 2.05) is 0 Å². The highest BCUT2D eigenvalue weighted by molar-refractivity contribution is 7.89. The molecular weight excluding hydrogens is 392 g/mol. The standard InChI is InChI=1S/C21H32N2O5S/c1-21(2,3)23-29(26,27)18-13-11-16(12-14-18)20(25)28-15-19(24)22-17-9-7-5-4-6-8-10-17/h11-14,17,23H,4-10,15H2,1-3H3,(H,22,24). The number of hydrogen-bond acceptors (Lipinski definition) is 5. The monoisotopic (exact) mass is 424 g/mol. The normalized spacial score (nSPS) is 16.5. The average molecular weight is 425 g/mol. The van der Waals surface area contributed by atoms with Crippen molar-refractivity contribution in [2.45, 2.75) is 82.2 Å². The lowest BCUT2D eigenvalue weighted by Gasteiger charge is -2.21. The van der Waals surface area contributed by atoms with Gasteiger partial charge >= 0.3 is 5.97 Å². The summed E-state index contributed by atoms with van der Waals surface area (Å²) in [5.41, 5.74) is -0.418. The van der Waals surface area contributed by atoms with E-state index in [2.05, 4.69) is 10.0 Å². The molecule has 0 aliphatic heterocycles. The Hall–Kier alpha value is -1.93. The Balaban J connectivity index is 1.86. The minimum absolute atomic E-state index is 0.0611. The zero-order valence-corrected chi connectivity index (χ0v) is 18.3. The number of benzene rings is 1. The molecule has 1 saturated carbocycles. The number of nitrogens with one attached hydrogen (secondary N) is 2. The van der Waals surface area contributed by atoms with Crippen molar-refractivity contribution < 1.29 is 22.7 Å². The molecule has 0 saturated heterocycles. The highest BCUT2D eigenvalue weighted by atomic mass is 32.2. The SMILES string of the molecule is CC(C)(C)NS(=O)(=O)c1ccc(C(=O)OCC(=O)NC2CCCCCCC2)cc1. The van der Waals surface area contributed by atoms with Gasteiger partial charge in [0, 0.05) is 11.6 Å². The van der Waals surface area contributed by atoms with Crippen molar-refractivity contribution >= 4 is 21.9 Å². The van der Waals surface area contributed by atoms with E-state index in [0.29, 0.717) is 0 Å². The van der Waals surface area contributed by atoms with Gasteiger partial charge in [0.1, 0.15) is 0 Å². The van der Waals surface area contributed by atoms with Crippen LogP contribution >= 0.6 is 0 Å². The largest absolute Gasteiger partial charge is 0.452 e. The molecule has 1 amide bonds. The van der Waals surface area contributed by atoms with Crippen molar-refractivity contribution in [3.63, 3.8) is 0 Å². The number of ether oxygens (including phenoxy) is 1. The summed E-state index contributed by atoms with van der Waals surface area (Å²) < 4.78 is 32.2. The smallest absolute Gasteiger partial charge is 0.338 e. The van der Waals surface area contributed by atoms with E-state index >= 15 is 0 Å². The van der Waals surface area contributed by atoms with Crippen LogP contribution in [0.2, 0.25) is 0 Å². The van der Waals surface area contributed by atoms with E-state index in [1.165, 1.54) is 43.5 Å². The fourth-order valence-electron chi connectivity index (χ4n) is 3.32. The molecule has 1 fully saturated rings. The van der Waals surface area contributed by atoms with E-state index in [1.54, 1.807) is 20.8 Å². The van der Waals surface area contributed by atoms with Crippen LogP contribution in [0, 0.1) is 0 Å². The Bertz CT molecular complexity index is 789. The van der Waals surface area contributed by atoms with Crippen LogP contribution in [-0.4, -0.2) is 38.5 Å². The molecule has 1 aromatic rings. The van der Waals surface area contributed by atoms with E-state index in [-0.39, 0.29) is 29.0 Å². The summed E-state index contributed by atoms with van der Waals surface area (Å²) in [6, 6.07) is 5.60. The fourth-order valence-corrected chi connectivity index (χ4v) is 4.73. The third-order valence-electron chi connectivity index (χ3n) is 4.65. The van der Waals surface area contributed by atoms with Crippen LogP contribution in [0.5, 0.6) is 0 Å². The molecule has 162 valence electrons. The molecule has 0 unspecified atom stereocenters. The lowest BCUT2D eigenvalue weighted by atomic mass is 9.97. The summed E-state index contributed by atoms with van der Waals surface area (Å²) in [6.07, 6.45) is 7.76. The van der Waals surface area contributed by atoms with Gasteiger partial charge in [-0.15, -0.1) is 0 Å². The number of amides is 1. The predicted molar refractivity (Wildman–Crippen MR) is 111 cm³/mol. The summed E-state index contributed by atoms with van der Waals surface area (Å²) in [5.74, 6) is -0.969. The van der Waals surface area contributed by atoms with Crippen molar-refractivity contribution in [1.29, 1.82) is 0 Å². The van der Waals surface area contributed by atoms with Gasteiger partial charge in [-0.2, -0.15) is 0 Å². The molecular formula is C21H32N2O5S. The maximum atomic E-state index is 12.3. The second kappa shape index (κ2) is 10.2. The number of hydrogen-bond donors (Lipinski definition) is 2. The van der Waals surface area contributed by atoms with Crippen LogP contribution < -0.4 is 10.0 Å². The summed E-state index contributed by atoms with van der Waals surface area (Å²) in [6.45, 7) is 4.90. The fraction of sp³-hybridized carbons (Fsp3) is 0.619. The molecule has 0 bridgehead atoms. The Kier molecular flexibility index (Phi) is 8.22. The molecule has 0 aromatic heterocycles. The Labute approximate surface area is 173 Å². The Morgan fingerprint density at radius 2 is 1.55 bits per heavy atom. The number of esters is 1. The van der Waals surface area contributed by atoms with Gasteiger partial charge < -0.3 is 10.1 Å². The van der Waals surface area contributed by atoms with Crippen molar-refractivity contribution in [1.82, 2.24) is 10.0 Å². The zero-order chi connectivity index (χ0) is 21.5. The van der Waals surface area contributed by atoms with Gasteiger partial charge in [-0.1, -0.05) is 32.1 Å². The van der Waals surface area contributed by atoms with Crippen LogP contribution in [0.25, 0.3) is 0 Å². The molecule has 2 N–H and O–H groups in total. The van der Waals surface area contributed by atoms with E-state index in [9.17, 15) is 18.0 Å². The second-order valence-corrected chi connectivity index (χ2v) is 10.2. The molecule has 8 heteroatoms. The van der Waals surface area contributed by atoms with Crippen LogP contribution in [0.15, 0.2) is 29.2 Å². The van der Waals surface area contributed by atoms with Gasteiger partial charge in [-0.05, 0) is 57.9 Å². The van der Waals surface area contributed by atoms with Crippen molar-refractivity contribution in [3.8, 4) is 0 Å². The molecule has 0 atom stereocenters. The summed E-state index contributed by atoms with van der Waals surface area (Å²) in [4.78, 5) is 24.3. The van der Waals surface area contributed by atoms with E-state index < -0.39 is 21.5 Å². The minimum atomic E-state index is -3.67. The molecule has 1 aliphatic carbocycles. The van der Waals surface area contributed by atoms with Crippen molar-refractivity contribution in [3.05, 3.63) is 29.8 Å². The predicted octanol–water partition coefficient (Wildman–Crippen LogP) is 3.15. The minimum Gasteiger partial charge on any atom is -0.452 e. The summed E-state index contributed by atoms with van der Waals surface area (Å²) >= 11 is 0. The second-order valence-electron chi connectivity index (χ2n) is 8.57. The summed E-state index contributed by atoms with van der Waals surface area (Å²) in [7, 11) is -3.67. The third kappa shape index (κ3) is 8.14. The van der Waals surface area contributed by atoms with E-state index in [4.69, 9.17) is 4.74 Å². The first-order valence-electron chi connectivity index (χ1n) is 10.2. The number of carbonyl (C=O) groups is 2. The first-order chi connectivity index (χ1) is 13.6. The number of sulfonamides is 1. The average Bonchev–Trinajstić information content (AvgIpc) is 2.60. The molecule has 0 radical (unpaired) electrons. The van der Waals surface area contributed by atoms with Gasteiger partial charge in [0.2, 0.25) is 10.0 Å². The van der Waals surface area contributed by atoms with Gasteiger partial charge in [-0.3, -0.25) is 4.79 Å². The molecule has 0 spiro atoms. The first-order valence-corrected chi connectivity index (χ1v) is 11.7. The lowest BCUT2D eigenvalue weighted by molar-refractivity contribution is -0.125. The molecule has 2 rings (SSSR count). The number of carbonyl (C=O) groups excluding carboxylic acids is 2. The summed E-state index contributed by atoms with van der Waals surface area (Å²) in [5, 5.41) is 2.94. The van der Waals surface area contributed by atoms with Crippen molar-refractivity contribution in [2.75, 3.05) is 6.61 Å². The van der Waals surface area contributed by atoms with Crippen molar-refractivity contribution in [2.24, 2.45) is 0 Å². The highest BCUT2D eigenvalue weighted by Gasteiger charge is 2.22. The highest BCUT2D eigenvalue weighted by Crippen LogP contribution is 2.17. The topological polar surface area (TPSA) is 102 Å². The zero-order valence-electron chi connectivity index (χ0n) is 17.5. The molecule has 1 aromatic carbocycles. The van der Waals surface area contributed by atoms with Crippen LogP contribution in [-0.2, 0) is 19.6 Å². The quantitative estimate of drug-likeness (QED) is 0.683. The van der Waals surface area contributed by atoms with E-state index in [0.717, 1.165) is 25.7 Å². The van der Waals surface area contributed by atoms with Gasteiger partial charge in [0.25, 0.3) is 5.91 Å². The van der Waals surface area contributed by atoms with Crippen LogP contribution in [0.3, 0.4) is 0 Å². The molecule has 7 nitrogen and oxygen atoms in total. The Morgan fingerprint density at radius 1 is 1.00 bits per heavy atom. The number of rotatable bonds is 6. The van der Waals surface area contributed by atoms with Gasteiger partial charge in [0.05, 0.1) is 10.5 Å². The molecule has 1 aliphatic rings. The van der Waals surface area contributed by atoms with Gasteiger partial charge in [-0.25, -0.2) is 17.9 Å². The third-order valence-corrected chi connectivity index (χ3v) is 6.42. The molecule has 0 heterocycles. The lowest BCUT2D eigenvalue weighted by Crippen LogP contribution is -2.40. The molecule has 29 heavy (non-hydrogen) atoms. The first kappa shape index (κ1) is 23.3.